The Kier molecular flexibility index (Phi) is 3.30. The molecule has 7 nitrogen and oxygen atoms in total. The molecule has 1 saturated heterocycles. The second-order valence-corrected chi connectivity index (χ2v) is 8.27. The predicted molar refractivity (Wildman–Crippen MR) is 108 cm³/mol. The molecule has 2 fully saturated rings. The van der Waals surface area contributed by atoms with Gasteiger partial charge >= 0.3 is 0 Å². The van der Waals surface area contributed by atoms with Gasteiger partial charge in [0.15, 0.2) is 11.5 Å². The number of fused-ring (bicyclic) bond motifs is 3. The number of benzene rings is 1. The minimum absolute atomic E-state index is 0.312. The van der Waals surface area contributed by atoms with Crippen molar-refractivity contribution in [1.29, 1.82) is 0 Å². The lowest BCUT2D eigenvalue weighted by Gasteiger charge is -2.19. The smallest absolute Gasteiger partial charge is 0.156 e. The zero-order valence-corrected chi connectivity index (χ0v) is 16.2. The molecule has 0 radical (unpaired) electrons. The SMILES string of the molecule is Cc1cn2nc(-c3cc(F)c4cc(N5CC6C(N)C6C5)nnc4c3)cc(C)c2n1. The van der Waals surface area contributed by atoms with Crippen molar-refractivity contribution in [2.24, 2.45) is 17.6 Å². The number of aromatic nitrogens is 5. The van der Waals surface area contributed by atoms with Crippen LogP contribution in [0.3, 0.4) is 0 Å². The zero-order valence-electron chi connectivity index (χ0n) is 16.2. The van der Waals surface area contributed by atoms with Crippen LogP contribution in [0.1, 0.15) is 11.3 Å². The van der Waals surface area contributed by atoms with E-state index >= 15 is 4.39 Å². The fraction of sp³-hybridized carbons (Fsp3) is 0.333. The molecule has 0 spiro atoms. The Hall–Kier alpha value is -3.13. The maximum atomic E-state index is 15.0. The lowest BCUT2D eigenvalue weighted by Crippen LogP contribution is -2.28. The van der Waals surface area contributed by atoms with Crippen LogP contribution >= 0.6 is 0 Å². The van der Waals surface area contributed by atoms with Crippen molar-refractivity contribution in [3.05, 3.63) is 47.5 Å². The van der Waals surface area contributed by atoms with Gasteiger partial charge in [0.1, 0.15) is 5.82 Å². The number of hydrogen-bond donors (Lipinski definition) is 1. The van der Waals surface area contributed by atoms with Crippen molar-refractivity contribution in [3.63, 3.8) is 0 Å². The summed E-state index contributed by atoms with van der Waals surface area (Å²) in [6.45, 7) is 5.65. The first-order valence-electron chi connectivity index (χ1n) is 9.79. The van der Waals surface area contributed by atoms with E-state index in [2.05, 4.69) is 25.2 Å². The van der Waals surface area contributed by atoms with Gasteiger partial charge in [0, 0.05) is 30.1 Å². The molecule has 1 aromatic carbocycles. The van der Waals surface area contributed by atoms with Gasteiger partial charge in [-0.25, -0.2) is 13.9 Å². The number of nitrogens with two attached hydrogens (primary N) is 1. The molecule has 2 unspecified atom stereocenters. The molecule has 29 heavy (non-hydrogen) atoms. The average Bonchev–Trinajstić information content (AvgIpc) is 3.05. The summed E-state index contributed by atoms with van der Waals surface area (Å²) in [7, 11) is 0. The Morgan fingerprint density at radius 3 is 2.66 bits per heavy atom. The summed E-state index contributed by atoms with van der Waals surface area (Å²) in [5.41, 5.74) is 10.6. The van der Waals surface area contributed by atoms with Crippen LogP contribution in [-0.2, 0) is 0 Å². The van der Waals surface area contributed by atoms with E-state index < -0.39 is 0 Å². The molecule has 4 aromatic rings. The van der Waals surface area contributed by atoms with Crippen molar-refractivity contribution in [2.45, 2.75) is 19.9 Å². The summed E-state index contributed by atoms with van der Waals surface area (Å²) < 4.78 is 16.7. The maximum absolute atomic E-state index is 15.0. The highest BCUT2D eigenvalue weighted by atomic mass is 19.1. The molecule has 1 aliphatic carbocycles. The summed E-state index contributed by atoms with van der Waals surface area (Å²) in [5, 5.41) is 13.7. The highest BCUT2D eigenvalue weighted by Crippen LogP contribution is 2.45. The monoisotopic (exact) mass is 389 g/mol. The Morgan fingerprint density at radius 1 is 1.07 bits per heavy atom. The number of piperidine rings is 1. The minimum atomic E-state index is -0.323. The third kappa shape index (κ3) is 2.52. The Balaban J connectivity index is 1.41. The fourth-order valence-electron chi connectivity index (χ4n) is 4.54. The Bertz CT molecular complexity index is 1290. The van der Waals surface area contributed by atoms with E-state index in [1.807, 2.05) is 32.2 Å². The number of imidazole rings is 1. The number of rotatable bonds is 2. The summed E-state index contributed by atoms with van der Waals surface area (Å²) in [5.74, 6) is 1.47. The summed E-state index contributed by atoms with van der Waals surface area (Å²) in [6.07, 6.45) is 1.86. The number of halogens is 1. The first kappa shape index (κ1) is 16.8. The molecule has 8 heteroatoms. The highest BCUT2D eigenvalue weighted by Gasteiger charge is 2.53. The van der Waals surface area contributed by atoms with E-state index in [1.165, 1.54) is 6.07 Å². The molecule has 1 saturated carbocycles. The van der Waals surface area contributed by atoms with Gasteiger partial charge in [-0.2, -0.15) is 5.10 Å². The van der Waals surface area contributed by atoms with Gasteiger partial charge < -0.3 is 10.6 Å². The normalized spacial score (nSPS) is 23.2. The lowest BCUT2D eigenvalue weighted by atomic mass is 10.1. The van der Waals surface area contributed by atoms with Crippen molar-refractivity contribution >= 4 is 22.4 Å². The van der Waals surface area contributed by atoms with Crippen LogP contribution in [0.25, 0.3) is 27.8 Å². The molecule has 0 bridgehead atoms. The molecule has 1 aliphatic heterocycles. The van der Waals surface area contributed by atoms with Crippen molar-refractivity contribution in [1.82, 2.24) is 24.8 Å². The van der Waals surface area contributed by atoms with E-state index in [4.69, 9.17) is 5.73 Å². The molecule has 2 atom stereocenters. The predicted octanol–water partition coefficient (Wildman–Crippen LogP) is 2.49. The highest BCUT2D eigenvalue weighted by molar-refractivity contribution is 5.85. The quantitative estimate of drug-likeness (QED) is 0.567. The number of hydrogen-bond acceptors (Lipinski definition) is 6. The van der Waals surface area contributed by atoms with Crippen molar-refractivity contribution < 1.29 is 4.39 Å². The number of aryl methyl sites for hydroxylation is 2. The van der Waals surface area contributed by atoms with Gasteiger partial charge in [0.25, 0.3) is 0 Å². The topological polar surface area (TPSA) is 85.2 Å². The third-order valence-electron chi connectivity index (χ3n) is 6.25. The van der Waals surface area contributed by atoms with Crippen LogP contribution in [0, 0.1) is 31.5 Å². The van der Waals surface area contributed by atoms with Gasteiger partial charge in [0.2, 0.25) is 0 Å². The number of nitrogens with zero attached hydrogens (tertiary/aromatic N) is 6. The summed E-state index contributed by atoms with van der Waals surface area (Å²) in [6, 6.07) is 7.38. The van der Waals surface area contributed by atoms with Crippen LogP contribution in [0.5, 0.6) is 0 Å². The van der Waals surface area contributed by atoms with Crippen LogP contribution < -0.4 is 10.6 Å². The van der Waals surface area contributed by atoms with Crippen LogP contribution in [0.2, 0.25) is 0 Å². The number of anilines is 1. The molecular weight excluding hydrogens is 369 g/mol. The maximum Gasteiger partial charge on any atom is 0.156 e. The van der Waals surface area contributed by atoms with Gasteiger partial charge in [-0.05, 0) is 55.5 Å². The summed E-state index contributed by atoms with van der Waals surface area (Å²) in [4.78, 5) is 6.62. The molecule has 2 N–H and O–H groups in total. The van der Waals surface area contributed by atoms with Crippen molar-refractivity contribution in [2.75, 3.05) is 18.0 Å². The standard InChI is InChI=1S/C21H20FN7/c1-10-3-17(27-29-7-11(2)24-21(10)29)12-4-16(22)13-6-19(26-25-18(13)5-12)28-8-14-15(9-28)20(14)23/h3-7,14-15,20H,8-9,23H2,1-2H3. The third-order valence-corrected chi connectivity index (χ3v) is 6.25. The van der Waals surface area contributed by atoms with E-state index in [9.17, 15) is 0 Å². The fourth-order valence-corrected chi connectivity index (χ4v) is 4.54. The van der Waals surface area contributed by atoms with Crippen LogP contribution in [-0.4, -0.2) is 43.9 Å². The van der Waals surface area contributed by atoms with Crippen molar-refractivity contribution in [3.8, 4) is 11.3 Å². The molecule has 2 aliphatic rings. The lowest BCUT2D eigenvalue weighted by molar-refractivity contribution is 0.639. The molecular formula is C21H20FN7. The first-order valence-corrected chi connectivity index (χ1v) is 9.79. The van der Waals surface area contributed by atoms with Gasteiger partial charge in [0.05, 0.1) is 23.1 Å². The summed E-state index contributed by atoms with van der Waals surface area (Å²) >= 11 is 0. The Labute approximate surface area is 166 Å². The minimum Gasteiger partial charge on any atom is -0.354 e. The second-order valence-electron chi connectivity index (χ2n) is 8.27. The molecule has 6 rings (SSSR count). The van der Waals surface area contributed by atoms with Gasteiger partial charge in [-0.15, -0.1) is 10.2 Å². The molecule has 0 amide bonds. The van der Waals surface area contributed by atoms with Gasteiger partial charge in [-0.1, -0.05) is 0 Å². The molecule has 3 aromatic heterocycles. The van der Waals surface area contributed by atoms with E-state index in [0.717, 1.165) is 30.0 Å². The average molecular weight is 389 g/mol. The van der Waals surface area contributed by atoms with E-state index in [-0.39, 0.29) is 5.82 Å². The van der Waals surface area contributed by atoms with Crippen LogP contribution in [0.15, 0.2) is 30.5 Å². The second kappa shape index (κ2) is 5.70. The first-order chi connectivity index (χ1) is 14.0. The molecule has 4 heterocycles. The zero-order chi connectivity index (χ0) is 19.9. The van der Waals surface area contributed by atoms with E-state index in [0.29, 0.717) is 45.9 Å². The van der Waals surface area contributed by atoms with Gasteiger partial charge in [-0.3, -0.25) is 0 Å². The molecule has 146 valence electrons. The largest absolute Gasteiger partial charge is 0.354 e. The Morgan fingerprint density at radius 2 is 1.86 bits per heavy atom. The van der Waals surface area contributed by atoms with Crippen LogP contribution in [0.4, 0.5) is 10.2 Å². The van der Waals surface area contributed by atoms with E-state index in [1.54, 1.807) is 10.6 Å².